The molecule has 15 heteroatoms. The lowest BCUT2D eigenvalue weighted by Crippen LogP contribution is -2.08. The Morgan fingerprint density at radius 2 is 0.641 bits per heavy atom. The lowest BCUT2D eigenvalue weighted by atomic mass is 10.3. The first-order valence-corrected chi connectivity index (χ1v) is 16.5. The van der Waals surface area contributed by atoms with E-state index in [0.717, 1.165) is 34.3 Å². The van der Waals surface area contributed by atoms with Gasteiger partial charge in [0, 0.05) is 38.4 Å². The first kappa shape index (κ1) is 29.0. The number of rotatable bonds is 12. The van der Waals surface area contributed by atoms with Crippen LogP contribution in [-0.2, 0) is 13.6 Å². The molecule has 0 aromatic heterocycles. The fraction of sp³-hybridized carbons (Fsp3) is 0.250. The van der Waals surface area contributed by atoms with E-state index in [2.05, 4.69) is 15.3 Å². The molecule has 0 amide bonds. The molecule has 0 radical (unpaired) electrons. The average molecular weight is 594 g/mol. The summed E-state index contributed by atoms with van der Waals surface area (Å²) in [4.78, 5) is 0. The lowest BCUT2D eigenvalue weighted by molar-refractivity contribution is 0.415. The molecule has 0 saturated heterocycles. The summed E-state index contributed by atoms with van der Waals surface area (Å²) in [6.45, 7) is 0. The molecule has 210 valence electrons. The summed E-state index contributed by atoms with van der Waals surface area (Å²) in [5, 5.41) is 10.2. The normalized spacial score (nSPS) is 23.8. The molecule has 0 bridgehead atoms. The summed E-state index contributed by atoms with van der Waals surface area (Å²) in [5.41, 5.74) is 2.20. The van der Waals surface area contributed by atoms with Crippen molar-refractivity contribution >= 4 is 39.8 Å². The van der Waals surface area contributed by atoms with Crippen LogP contribution >= 0.6 is 22.7 Å². The maximum atomic E-state index is 6.05. The number of hydrogen-bond acceptors (Lipinski definition) is 12. The average Bonchev–Trinajstić information content (AvgIpc) is 2.98. The van der Waals surface area contributed by atoms with Crippen molar-refractivity contribution in [3.05, 3.63) is 72.8 Å². The van der Waals surface area contributed by atoms with E-state index in [0.29, 0.717) is 0 Å². The summed E-state index contributed by atoms with van der Waals surface area (Å²) in [5.74, 6) is 2.16. The van der Waals surface area contributed by atoms with E-state index in [9.17, 15) is 0 Å². The fourth-order valence-corrected chi connectivity index (χ4v) is 13.4. The molecule has 3 aromatic carbocycles. The summed E-state index contributed by atoms with van der Waals surface area (Å²) in [6.07, 6.45) is 0. The van der Waals surface area contributed by atoms with Gasteiger partial charge in [-0.3, -0.25) is 0 Å². The van der Waals surface area contributed by atoms with Crippen molar-refractivity contribution in [1.82, 2.24) is 0 Å². The van der Waals surface area contributed by atoms with Crippen molar-refractivity contribution in [2.45, 2.75) is 0 Å². The molecule has 0 unspecified atom stereocenters. The Morgan fingerprint density at radius 1 is 0.410 bits per heavy atom. The second-order valence-corrected chi connectivity index (χ2v) is 15.1. The maximum absolute atomic E-state index is 6.05. The zero-order valence-corrected chi connectivity index (χ0v) is 25.2. The molecule has 0 aliphatic carbocycles. The quantitative estimate of drug-likeness (QED) is 0.178. The third-order valence-electron chi connectivity index (χ3n) is 5.59. The number of nitrogens with zero attached hydrogens (tertiary/aromatic N) is 3. The molecular formula is C24H33N6O6P3. The summed E-state index contributed by atoms with van der Waals surface area (Å²) in [6, 6.07) is 22.2. The third-order valence-corrected chi connectivity index (χ3v) is 14.6. The minimum Gasteiger partial charge on any atom is -0.497 e. The molecule has 0 atom stereocenters. The van der Waals surface area contributed by atoms with Crippen LogP contribution < -0.4 is 29.5 Å². The van der Waals surface area contributed by atoms with Crippen LogP contribution in [0.4, 0.5) is 17.1 Å². The first-order chi connectivity index (χ1) is 18.8. The Bertz CT molecular complexity index is 1240. The van der Waals surface area contributed by atoms with E-state index in [-0.39, 0.29) is 0 Å². The number of hydrogen-bond donors (Lipinski definition) is 3. The van der Waals surface area contributed by atoms with Crippen LogP contribution in [0.1, 0.15) is 0 Å². The molecule has 0 spiro atoms. The molecule has 1 aliphatic heterocycles. The number of anilines is 3. The Balaban J connectivity index is 1.87. The first-order valence-electron chi connectivity index (χ1n) is 11.7. The van der Waals surface area contributed by atoms with Gasteiger partial charge in [0.1, 0.15) is 17.2 Å². The zero-order valence-electron chi connectivity index (χ0n) is 22.6. The monoisotopic (exact) mass is 594 g/mol. The molecule has 12 nitrogen and oxygen atoms in total. The highest BCUT2D eigenvalue weighted by Crippen LogP contribution is 2.78. The molecular weight excluding hydrogens is 561 g/mol. The minimum atomic E-state index is -3.16. The van der Waals surface area contributed by atoms with E-state index in [1.807, 2.05) is 72.8 Å². The molecule has 3 aromatic rings. The van der Waals surface area contributed by atoms with Gasteiger partial charge in [-0.15, -0.1) is 0 Å². The largest absolute Gasteiger partial charge is 0.497 e. The third kappa shape index (κ3) is 6.79. The fourth-order valence-electron chi connectivity index (χ4n) is 3.54. The molecule has 39 heavy (non-hydrogen) atoms. The number of methoxy groups -OCH3 is 3. The van der Waals surface area contributed by atoms with Gasteiger partial charge in [-0.25, -0.2) is 0 Å². The SMILES string of the molecule is COc1ccc(NP2(OC)=NP(Nc3ccc(OC)cc3)(OC)=NP(Nc3ccc(OC)cc3)(OC)=N2)cc1. The number of benzene rings is 3. The van der Waals surface area contributed by atoms with Crippen LogP contribution in [0, 0.1) is 0 Å². The van der Waals surface area contributed by atoms with E-state index >= 15 is 0 Å². The van der Waals surface area contributed by atoms with Crippen LogP contribution in [-0.4, -0.2) is 42.7 Å². The minimum absolute atomic E-state index is 0.720. The molecule has 3 N–H and O–H groups in total. The van der Waals surface area contributed by atoms with Crippen molar-refractivity contribution in [3.63, 3.8) is 0 Å². The molecule has 0 saturated carbocycles. The van der Waals surface area contributed by atoms with Crippen molar-refractivity contribution < 1.29 is 27.8 Å². The van der Waals surface area contributed by atoms with Gasteiger partial charge >= 0.3 is 22.7 Å². The van der Waals surface area contributed by atoms with E-state index in [1.54, 1.807) is 42.7 Å². The zero-order chi connectivity index (χ0) is 27.9. The van der Waals surface area contributed by atoms with Gasteiger partial charge in [0.15, 0.2) is 0 Å². The predicted molar refractivity (Wildman–Crippen MR) is 159 cm³/mol. The van der Waals surface area contributed by atoms with E-state index < -0.39 is 22.7 Å². The van der Waals surface area contributed by atoms with Gasteiger partial charge in [-0.2, -0.15) is 13.5 Å². The summed E-state index contributed by atoms with van der Waals surface area (Å²) in [7, 11) is 0.0334. The Morgan fingerprint density at radius 3 is 0.821 bits per heavy atom. The molecule has 1 aliphatic rings. The second-order valence-electron chi connectivity index (χ2n) is 7.97. The van der Waals surface area contributed by atoms with Crippen LogP contribution in [0.5, 0.6) is 17.2 Å². The van der Waals surface area contributed by atoms with Crippen LogP contribution in [0.25, 0.3) is 0 Å². The number of nitrogens with one attached hydrogen (secondary N) is 3. The summed E-state index contributed by atoms with van der Waals surface area (Å²) >= 11 is 0. The molecule has 4 rings (SSSR count). The van der Waals surface area contributed by atoms with Gasteiger partial charge in [0.25, 0.3) is 0 Å². The van der Waals surface area contributed by atoms with E-state index in [4.69, 9.17) is 41.3 Å². The van der Waals surface area contributed by atoms with Gasteiger partial charge in [0.2, 0.25) is 0 Å². The topological polar surface area (TPSA) is 129 Å². The predicted octanol–water partition coefficient (Wildman–Crippen LogP) is 8.14. The van der Waals surface area contributed by atoms with Crippen LogP contribution in [0.3, 0.4) is 0 Å². The smallest absolute Gasteiger partial charge is 0.307 e. The van der Waals surface area contributed by atoms with Gasteiger partial charge in [0.05, 0.1) is 21.3 Å². The highest BCUT2D eigenvalue weighted by Gasteiger charge is 2.39. The highest BCUT2D eigenvalue weighted by atomic mass is 31.3. The van der Waals surface area contributed by atoms with Gasteiger partial charge in [-0.05, 0) is 72.8 Å². The van der Waals surface area contributed by atoms with Crippen molar-refractivity contribution in [2.75, 3.05) is 57.9 Å². The van der Waals surface area contributed by atoms with E-state index in [1.165, 1.54) is 0 Å². The standard InChI is InChI=1S/C24H33N6O6P3/c1-31-22-13-7-19(8-14-22)25-37(34-4)28-38(35-5,26-20-9-15-23(32-2)16-10-20)30-39(29-37,36-6)27-21-11-17-24(33-3)18-12-21/h7-18,25-27H,1-6H3. The van der Waals surface area contributed by atoms with Crippen molar-refractivity contribution in [3.8, 4) is 17.2 Å². The van der Waals surface area contributed by atoms with Gasteiger partial charge in [-0.1, -0.05) is 0 Å². The van der Waals surface area contributed by atoms with Crippen molar-refractivity contribution in [1.29, 1.82) is 0 Å². The summed E-state index contributed by atoms with van der Waals surface area (Å²) < 4.78 is 49.1. The Hall–Kier alpha value is -2.97. The van der Waals surface area contributed by atoms with Crippen LogP contribution in [0.2, 0.25) is 0 Å². The van der Waals surface area contributed by atoms with Gasteiger partial charge < -0.3 is 43.0 Å². The maximum Gasteiger partial charge on any atom is 0.307 e. The molecule has 0 fully saturated rings. The number of ether oxygens (including phenoxy) is 3. The van der Waals surface area contributed by atoms with Crippen LogP contribution in [0.15, 0.2) is 86.3 Å². The highest BCUT2D eigenvalue weighted by molar-refractivity contribution is 7.84. The lowest BCUT2D eigenvalue weighted by Gasteiger charge is -2.34. The molecule has 1 heterocycles. The Kier molecular flexibility index (Phi) is 9.28. The van der Waals surface area contributed by atoms with Crippen molar-refractivity contribution in [2.24, 2.45) is 13.5 Å². The Labute approximate surface area is 229 Å². The second kappa shape index (κ2) is 12.5.